The van der Waals surface area contributed by atoms with Crippen molar-refractivity contribution in [1.29, 1.82) is 0 Å². The van der Waals surface area contributed by atoms with E-state index in [1.807, 2.05) is 18.2 Å². The maximum absolute atomic E-state index is 5.58. The van der Waals surface area contributed by atoms with Gasteiger partial charge in [-0.15, -0.1) is 0 Å². The number of fused-ring (bicyclic) bond motifs is 2. The first-order valence-corrected chi connectivity index (χ1v) is 7.72. The van der Waals surface area contributed by atoms with Crippen LogP contribution in [0, 0.1) is 6.92 Å². The van der Waals surface area contributed by atoms with E-state index in [1.54, 1.807) is 6.20 Å². The monoisotopic (exact) mass is 356 g/mol. The minimum atomic E-state index is 0.239. The van der Waals surface area contributed by atoms with Crippen LogP contribution in [0.2, 0.25) is 0 Å². The summed E-state index contributed by atoms with van der Waals surface area (Å²) in [7, 11) is 0. The summed E-state index contributed by atoms with van der Waals surface area (Å²) in [5.74, 6) is 1.46. The van der Waals surface area contributed by atoms with E-state index in [9.17, 15) is 0 Å². The molecule has 1 aliphatic rings. The van der Waals surface area contributed by atoms with Gasteiger partial charge in [-0.25, -0.2) is 0 Å². The van der Waals surface area contributed by atoms with Gasteiger partial charge in [-0.05, 0) is 52.7 Å². The van der Waals surface area contributed by atoms with Gasteiger partial charge in [-0.3, -0.25) is 4.98 Å². The van der Waals surface area contributed by atoms with Gasteiger partial charge in [-0.2, -0.15) is 0 Å². The highest BCUT2D eigenvalue weighted by atomic mass is 79.9. The Morgan fingerprint density at radius 2 is 1.91 bits per heavy atom. The first kappa shape index (κ1) is 13.4. The Kier molecular flexibility index (Phi) is 3.15. The van der Waals surface area contributed by atoms with E-state index in [0.717, 1.165) is 38.2 Å². The Bertz CT molecular complexity index is 880. The van der Waals surface area contributed by atoms with Crippen molar-refractivity contribution in [2.45, 2.75) is 6.92 Å². The largest absolute Gasteiger partial charge is 0.452 e. The number of nitrogens with zero attached hydrogens (tertiary/aromatic N) is 1. The molecule has 0 fully saturated rings. The van der Waals surface area contributed by atoms with Crippen LogP contribution in [0.4, 0.5) is 11.4 Å². The maximum atomic E-state index is 5.58. The lowest BCUT2D eigenvalue weighted by Gasteiger charge is -2.12. The molecule has 0 atom stereocenters. The molecule has 3 aromatic rings. The normalized spacial score (nSPS) is 12.6. The molecule has 0 bridgehead atoms. The van der Waals surface area contributed by atoms with Crippen molar-refractivity contribution in [3.63, 3.8) is 0 Å². The summed E-state index contributed by atoms with van der Waals surface area (Å²) < 4.78 is 12.0. The van der Waals surface area contributed by atoms with Crippen LogP contribution < -0.4 is 14.8 Å². The molecular formula is C17H13BrN2O2. The average molecular weight is 357 g/mol. The highest BCUT2D eigenvalue weighted by Gasteiger charge is 2.21. The second-order valence-electron chi connectivity index (χ2n) is 5.16. The van der Waals surface area contributed by atoms with Gasteiger partial charge < -0.3 is 14.8 Å². The molecule has 0 aliphatic carbocycles. The first-order valence-electron chi connectivity index (χ1n) is 6.93. The molecule has 1 N–H and O–H groups in total. The fourth-order valence-electron chi connectivity index (χ4n) is 2.57. The topological polar surface area (TPSA) is 43.4 Å². The van der Waals surface area contributed by atoms with Gasteiger partial charge in [0, 0.05) is 17.3 Å². The summed E-state index contributed by atoms with van der Waals surface area (Å²) in [6.45, 7) is 2.30. The van der Waals surface area contributed by atoms with Crippen molar-refractivity contribution in [2.24, 2.45) is 0 Å². The maximum Gasteiger partial charge on any atom is 0.231 e. The van der Waals surface area contributed by atoms with Crippen LogP contribution in [0.3, 0.4) is 0 Å². The van der Waals surface area contributed by atoms with E-state index in [2.05, 4.69) is 51.4 Å². The van der Waals surface area contributed by atoms with E-state index in [1.165, 1.54) is 5.56 Å². The highest BCUT2D eigenvalue weighted by Crippen LogP contribution is 2.45. The first-order chi connectivity index (χ1) is 10.7. The number of ether oxygens (including phenoxy) is 2. The van der Waals surface area contributed by atoms with Gasteiger partial charge >= 0.3 is 0 Å². The van der Waals surface area contributed by atoms with Gasteiger partial charge in [0.2, 0.25) is 6.79 Å². The fraction of sp³-hybridized carbons (Fsp3) is 0.118. The number of benzene rings is 2. The van der Waals surface area contributed by atoms with Crippen LogP contribution in [0.5, 0.6) is 11.5 Å². The number of aryl methyl sites for hydroxylation is 1. The number of halogens is 1. The molecule has 2 aromatic carbocycles. The van der Waals surface area contributed by atoms with E-state index in [4.69, 9.17) is 9.47 Å². The molecular weight excluding hydrogens is 344 g/mol. The molecule has 0 radical (unpaired) electrons. The van der Waals surface area contributed by atoms with Crippen LogP contribution >= 0.6 is 15.9 Å². The van der Waals surface area contributed by atoms with Gasteiger partial charge in [0.15, 0.2) is 11.5 Å². The lowest BCUT2D eigenvalue weighted by molar-refractivity contribution is 0.174. The van der Waals surface area contributed by atoms with Gasteiger partial charge in [-0.1, -0.05) is 12.1 Å². The van der Waals surface area contributed by atoms with Crippen molar-refractivity contribution in [3.05, 3.63) is 52.6 Å². The Labute approximate surface area is 136 Å². The van der Waals surface area contributed by atoms with E-state index in [-0.39, 0.29) is 6.79 Å². The highest BCUT2D eigenvalue weighted by molar-refractivity contribution is 9.10. The van der Waals surface area contributed by atoms with Gasteiger partial charge in [0.05, 0.1) is 15.7 Å². The van der Waals surface area contributed by atoms with E-state index >= 15 is 0 Å². The smallest absolute Gasteiger partial charge is 0.231 e. The summed E-state index contributed by atoms with van der Waals surface area (Å²) in [5, 5.41) is 4.50. The predicted octanol–water partition coefficient (Wildman–Crippen LogP) is 4.78. The molecule has 0 unspecified atom stereocenters. The SMILES string of the molecule is Cc1ccc2c(Nc3ccc(Br)c4c3OCO4)ccnc2c1. The van der Waals surface area contributed by atoms with Crippen molar-refractivity contribution in [3.8, 4) is 11.5 Å². The van der Waals surface area contributed by atoms with E-state index < -0.39 is 0 Å². The van der Waals surface area contributed by atoms with Crippen LogP contribution in [-0.4, -0.2) is 11.8 Å². The molecule has 0 saturated heterocycles. The molecule has 0 amide bonds. The third-order valence-corrected chi connectivity index (χ3v) is 4.26. The zero-order valence-corrected chi connectivity index (χ0v) is 13.5. The standard InChI is InChI=1S/C17H13BrN2O2/c1-10-2-3-11-13(6-7-19-15(11)8-10)20-14-5-4-12(18)16-17(14)22-9-21-16/h2-8H,9H2,1H3,(H,19,20). The molecule has 1 aliphatic heterocycles. The molecule has 1 aromatic heterocycles. The number of anilines is 2. The molecule has 5 heteroatoms. The summed E-state index contributed by atoms with van der Waals surface area (Å²) in [4.78, 5) is 4.43. The number of hydrogen-bond donors (Lipinski definition) is 1. The molecule has 0 saturated carbocycles. The second-order valence-corrected chi connectivity index (χ2v) is 6.02. The van der Waals surface area contributed by atoms with Crippen LogP contribution in [-0.2, 0) is 0 Å². The summed E-state index contributed by atoms with van der Waals surface area (Å²) in [5.41, 5.74) is 4.03. The van der Waals surface area contributed by atoms with Crippen LogP contribution in [0.25, 0.3) is 10.9 Å². The number of aromatic nitrogens is 1. The molecule has 22 heavy (non-hydrogen) atoms. The van der Waals surface area contributed by atoms with Crippen molar-refractivity contribution in [1.82, 2.24) is 4.98 Å². The quantitative estimate of drug-likeness (QED) is 0.717. The molecule has 2 heterocycles. The average Bonchev–Trinajstić information content (AvgIpc) is 3.00. The third kappa shape index (κ3) is 2.18. The Hall–Kier alpha value is -2.27. The lowest BCUT2D eigenvalue weighted by atomic mass is 10.1. The number of rotatable bonds is 2. The van der Waals surface area contributed by atoms with Crippen molar-refractivity contribution < 1.29 is 9.47 Å². The van der Waals surface area contributed by atoms with Crippen molar-refractivity contribution in [2.75, 3.05) is 12.1 Å². The van der Waals surface area contributed by atoms with Gasteiger partial charge in [0.1, 0.15) is 0 Å². The molecule has 0 spiro atoms. The van der Waals surface area contributed by atoms with Crippen molar-refractivity contribution >= 4 is 38.2 Å². The van der Waals surface area contributed by atoms with E-state index in [0.29, 0.717) is 0 Å². The Morgan fingerprint density at radius 1 is 1.05 bits per heavy atom. The summed E-state index contributed by atoms with van der Waals surface area (Å²) >= 11 is 3.47. The van der Waals surface area contributed by atoms with Crippen LogP contribution in [0.15, 0.2) is 47.1 Å². The second kappa shape index (κ2) is 5.18. The zero-order valence-electron chi connectivity index (χ0n) is 11.9. The summed E-state index contributed by atoms with van der Waals surface area (Å²) in [6.07, 6.45) is 1.81. The van der Waals surface area contributed by atoms with Gasteiger partial charge in [0.25, 0.3) is 0 Å². The molecule has 110 valence electrons. The van der Waals surface area contributed by atoms with Crippen LogP contribution in [0.1, 0.15) is 5.56 Å². The minimum absolute atomic E-state index is 0.239. The Morgan fingerprint density at radius 3 is 2.82 bits per heavy atom. The minimum Gasteiger partial charge on any atom is -0.452 e. The Balaban J connectivity index is 1.81. The molecule has 4 rings (SSSR count). The third-order valence-electron chi connectivity index (χ3n) is 3.64. The predicted molar refractivity (Wildman–Crippen MR) is 90.0 cm³/mol. The fourth-order valence-corrected chi connectivity index (χ4v) is 3.00. The summed E-state index contributed by atoms with van der Waals surface area (Å²) in [6, 6.07) is 12.1. The number of nitrogens with one attached hydrogen (secondary N) is 1. The number of hydrogen-bond acceptors (Lipinski definition) is 4. The number of pyridine rings is 1. The lowest BCUT2D eigenvalue weighted by Crippen LogP contribution is -1.96. The zero-order chi connectivity index (χ0) is 15.1. The molecule has 4 nitrogen and oxygen atoms in total.